The number of alkyl halides is 3. The summed E-state index contributed by atoms with van der Waals surface area (Å²) in [4.78, 5) is 4.32. The van der Waals surface area contributed by atoms with Crippen LogP contribution in [0.15, 0.2) is 18.2 Å². The molecule has 0 radical (unpaired) electrons. The van der Waals surface area contributed by atoms with Crippen LogP contribution in [-0.4, -0.2) is 27.3 Å². The summed E-state index contributed by atoms with van der Waals surface area (Å²) in [6.07, 6.45) is -4.16. The minimum absolute atomic E-state index is 0.120. The van der Waals surface area contributed by atoms with Gasteiger partial charge in [-0.2, -0.15) is 13.2 Å². The van der Waals surface area contributed by atoms with Crippen LogP contribution >= 0.6 is 0 Å². The third-order valence-corrected chi connectivity index (χ3v) is 3.64. The summed E-state index contributed by atoms with van der Waals surface area (Å²) < 4.78 is 40.0. The quantitative estimate of drug-likeness (QED) is 0.892. The van der Waals surface area contributed by atoms with Crippen molar-refractivity contribution in [1.82, 2.24) is 14.9 Å². The van der Waals surface area contributed by atoms with Gasteiger partial charge in [0.25, 0.3) is 0 Å². The van der Waals surface area contributed by atoms with Gasteiger partial charge in [-0.3, -0.25) is 0 Å². The Bertz CT molecular complexity index is 649. The molecule has 0 unspecified atom stereocenters. The van der Waals surface area contributed by atoms with Crippen molar-refractivity contribution in [1.29, 1.82) is 0 Å². The van der Waals surface area contributed by atoms with E-state index in [1.165, 1.54) is 6.07 Å². The summed E-state index contributed by atoms with van der Waals surface area (Å²) in [5, 5.41) is 12.5. The summed E-state index contributed by atoms with van der Waals surface area (Å²) in [6, 6.07) is 3.46. The van der Waals surface area contributed by atoms with Gasteiger partial charge in [0.2, 0.25) is 0 Å². The number of hydrogen-bond acceptors (Lipinski definition) is 3. The molecule has 0 fully saturated rings. The summed E-state index contributed by atoms with van der Waals surface area (Å²) in [5.74, 6) is 0.667. The van der Waals surface area contributed by atoms with Crippen molar-refractivity contribution in [2.24, 2.45) is 7.05 Å². The standard InChI is InChI=1S/C15H20F3N3O/c1-9(22)6-7-19-10(2)14-20-12-8-11(15(16,17)18)4-5-13(12)21(14)3/h4-5,8-10,19,22H,6-7H2,1-3H3/t9-,10+/m1/s1. The van der Waals surface area contributed by atoms with Crippen molar-refractivity contribution in [3.63, 3.8) is 0 Å². The maximum atomic E-state index is 12.8. The van der Waals surface area contributed by atoms with Gasteiger partial charge in [-0.15, -0.1) is 0 Å². The third kappa shape index (κ3) is 3.59. The van der Waals surface area contributed by atoms with Gasteiger partial charge >= 0.3 is 6.18 Å². The van der Waals surface area contributed by atoms with E-state index in [1.54, 1.807) is 18.5 Å². The topological polar surface area (TPSA) is 50.1 Å². The normalized spacial score (nSPS) is 15.2. The van der Waals surface area contributed by atoms with Crippen LogP contribution in [0, 0.1) is 0 Å². The third-order valence-electron chi connectivity index (χ3n) is 3.64. The highest BCUT2D eigenvalue weighted by Crippen LogP contribution is 2.31. The van der Waals surface area contributed by atoms with E-state index in [1.807, 2.05) is 6.92 Å². The molecule has 2 aromatic rings. The zero-order chi connectivity index (χ0) is 16.5. The molecule has 0 spiro atoms. The Hall–Kier alpha value is -1.60. The number of aromatic nitrogens is 2. The number of aryl methyl sites for hydroxylation is 1. The van der Waals surface area contributed by atoms with Gasteiger partial charge in [-0.25, -0.2) is 4.98 Å². The van der Waals surface area contributed by atoms with E-state index in [2.05, 4.69) is 10.3 Å². The van der Waals surface area contributed by atoms with E-state index in [9.17, 15) is 18.3 Å². The molecular weight excluding hydrogens is 295 g/mol. The summed E-state index contributed by atoms with van der Waals surface area (Å²) in [6.45, 7) is 4.21. The fourth-order valence-corrected chi connectivity index (χ4v) is 2.38. The number of nitrogens with one attached hydrogen (secondary N) is 1. The number of aliphatic hydroxyl groups is 1. The van der Waals surface area contributed by atoms with Crippen LogP contribution in [0.4, 0.5) is 13.2 Å². The number of hydrogen-bond donors (Lipinski definition) is 2. The number of benzene rings is 1. The van der Waals surface area contributed by atoms with Crippen molar-refractivity contribution < 1.29 is 18.3 Å². The van der Waals surface area contributed by atoms with Crippen LogP contribution in [-0.2, 0) is 13.2 Å². The van der Waals surface area contributed by atoms with E-state index in [0.717, 1.165) is 12.1 Å². The first-order valence-corrected chi connectivity index (χ1v) is 7.15. The molecule has 0 amide bonds. The number of imidazole rings is 1. The number of halogens is 3. The maximum Gasteiger partial charge on any atom is 0.416 e. The second-order valence-corrected chi connectivity index (χ2v) is 5.54. The minimum Gasteiger partial charge on any atom is -0.393 e. The molecule has 2 atom stereocenters. The molecule has 0 aliphatic heterocycles. The lowest BCUT2D eigenvalue weighted by atomic mass is 10.2. The molecule has 4 nitrogen and oxygen atoms in total. The fourth-order valence-electron chi connectivity index (χ4n) is 2.38. The molecule has 0 saturated carbocycles. The molecule has 2 rings (SSSR count). The van der Waals surface area contributed by atoms with Crippen LogP contribution in [0.1, 0.15) is 37.7 Å². The van der Waals surface area contributed by atoms with Gasteiger partial charge in [0.15, 0.2) is 0 Å². The fraction of sp³-hybridized carbons (Fsp3) is 0.533. The second kappa shape index (κ2) is 6.26. The Labute approximate surface area is 127 Å². The van der Waals surface area contributed by atoms with Gasteiger partial charge < -0.3 is 15.0 Å². The van der Waals surface area contributed by atoms with Crippen molar-refractivity contribution in [3.05, 3.63) is 29.6 Å². The first kappa shape index (κ1) is 16.8. The van der Waals surface area contributed by atoms with Gasteiger partial charge in [-0.05, 0) is 45.0 Å². The van der Waals surface area contributed by atoms with Crippen molar-refractivity contribution >= 4 is 11.0 Å². The van der Waals surface area contributed by atoms with Crippen molar-refractivity contribution in [2.45, 2.75) is 38.6 Å². The largest absolute Gasteiger partial charge is 0.416 e. The lowest BCUT2D eigenvalue weighted by Gasteiger charge is -2.14. The molecule has 122 valence electrons. The van der Waals surface area contributed by atoms with E-state index >= 15 is 0 Å². The van der Waals surface area contributed by atoms with Crippen molar-refractivity contribution in [2.75, 3.05) is 6.54 Å². The van der Waals surface area contributed by atoms with Crippen LogP contribution in [0.25, 0.3) is 11.0 Å². The van der Waals surface area contributed by atoms with E-state index in [-0.39, 0.29) is 6.04 Å². The molecule has 1 aromatic heterocycles. The predicted octanol–water partition coefficient (Wildman–Crippen LogP) is 3.01. The average Bonchev–Trinajstić information content (AvgIpc) is 2.74. The Morgan fingerprint density at radius 1 is 1.32 bits per heavy atom. The van der Waals surface area contributed by atoms with Crippen LogP contribution in [0.2, 0.25) is 0 Å². The monoisotopic (exact) mass is 315 g/mol. The number of nitrogens with zero attached hydrogens (tertiary/aromatic N) is 2. The molecule has 2 N–H and O–H groups in total. The molecule has 0 saturated heterocycles. The lowest BCUT2D eigenvalue weighted by molar-refractivity contribution is -0.137. The Balaban J connectivity index is 2.26. The van der Waals surface area contributed by atoms with E-state index < -0.39 is 17.8 Å². The van der Waals surface area contributed by atoms with Crippen LogP contribution in [0.5, 0.6) is 0 Å². The van der Waals surface area contributed by atoms with Crippen molar-refractivity contribution in [3.8, 4) is 0 Å². The molecule has 7 heteroatoms. The number of rotatable bonds is 5. The Morgan fingerprint density at radius 2 is 2.00 bits per heavy atom. The first-order chi connectivity index (χ1) is 10.2. The highest BCUT2D eigenvalue weighted by molar-refractivity contribution is 5.77. The zero-order valence-electron chi connectivity index (χ0n) is 12.8. The summed E-state index contributed by atoms with van der Waals surface area (Å²) >= 11 is 0. The Morgan fingerprint density at radius 3 is 2.59 bits per heavy atom. The predicted molar refractivity (Wildman–Crippen MR) is 78.4 cm³/mol. The van der Waals surface area contributed by atoms with Gasteiger partial charge in [0.05, 0.1) is 28.7 Å². The SMILES string of the molecule is C[C@H](NCC[C@@H](C)O)c1nc2cc(C(F)(F)F)ccc2n1C. The lowest BCUT2D eigenvalue weighted by Crippen LogP contribution is -2.24. The molecule has 1 aromatic carbocycles. The first-order valence-electron chi connectivity index (χ1n) is 7.15. The van der Waals surface area contributed by atoms with Gasteiger partial charge in [-0.1, -0.05) is 0 Å². The molecule has 0 bridgehead atoms. The molecule has 22 heavy (non-hydrogen) atoms. The Kier molecular flexibility index (Phi) is 4.77. The molecule has 1 heterocycles. The number of aliphatic hydroxyl groups excluding tert-OH is 1. The molecular formula is C15H20F3N3O. The van der Waals surface area contributed by atoms with Gasteiger partial charge in [0, 0.05) is 7.05 Å². The average molecular weight is 315 g/mol. The van der Waals surface area contributed by atoms with Crippen LogP contribution in [0.3, 0.4) is 0 Å². The van der Waals surface area contributed by atoms with E-state index in [0.29, 0.717) is 29.8 Å². The summed E-state index contributed by atoms with van der Waals surface area (Å²) in [7, 11) is 1.78. The maximum absolute atomic E-state index is 12.8. The minimum atomic E-state index is -4.37. The highest BCUT2D eigenvalue weighted by atomic mass is 19.4. The number of fused-ring (bicyclic) bond motifs is 1. The molecule has 0 aliphatic rings. The molecule has 0 aliphatic carbocycles. The highest BCUT2D eigenvalue weighted by Gasteiger charge is 2.31. The van der Waals surface area contributed by atoms with Gasteiger partial charge in [0.1, 0.15) is 5.82 Å². The van der Waals surface area contributed by atoms with E-state index in [4.69, 9.17) is 0 Å². The summed E-state index contributed by atoms with van der Waals surface area (Å²) in [5.41, 5.74) is 0.294. The smallest absolute Gasteiger partial charge is 0.393 e. The second-order valence-electron chi connectivity index (χ2n) is 5.54. The van der Waals surface area contributed by atoms with Crippen LogP contribution < -0.4 is 5.32 Å². The zero-order valence-corrected chi connectivity index (χ0v) is 12.8.